The Hall–Kier alpha value is -1.79. The molecule has 3 rings (SSSR count). The highest BCUT2D eigenvalue weighted by molar-refractivity contribution is 5.53. The molecule has 1 aromatic carbocycles. The Kier molecular flexibility index (Phi) is 4.49. The first-order valence-electron chi connectivity index (χ1n) is 7.71. The molecular formula is C16H21FN4O. The lowest BCUT2D eigenvalue weighted by Crippen LogP contribution is -2.48. The van der Waals surface area contributed by atoms with Gasteiger partial charge >= 0.3 is 0 Å². The molecule has 5 nitrogen and oxygen atoms in total. The minimum atomic E-state index is -0.277. The van der Waals surface area contributed by atoms with Gasteiger partial charge in [-0.25, -0.2) is 4.39 Å². The van der Waals surface area contributed by atoms with Crippen molar-refractivity contribution in [2.75, 3.05) is 6.54 Å². The highest BCUT2D eigenvalue weighted by atomic mass is 19.1. The Bertz CT molecular complexity index is 611. The Morgan fingerprint density at radius 2 is 2.14 bits per heavy atom. The highest BCUT2D eigenvalue weighted by Gasteiger charge is 2.26. The number of nitrogens with two attached hydrogens (primary N) is 1. The second-order valence-electron chi connectivity index (χ2n) is 5.91. The summed E-state index contributed by atoms with van der Waals surface area (Å²) in [5, 5.41) is 3.99. The number of benzene rings is 1. The summed E-state index contributed by atoms with van der Waals surface area (Å²) in [6, 6.07) is 6.56. The van der Waals surface area contributed by atoms with E-state index in [0.717, 1.165) is 18.5 Å². The Morgan fingerprint density at radius 1 is 1.36 bits per heavy atom. The van der Waals surface area contributed by atoms with Crippen LogP contribution in [0.1, 0.15) is 32.1 Å². The summed E-state index contributed by atoms with van der Waals surface area (Å²) < 4.78 is 18.3. The van der Waals surface area contributed by atoms with Gasteiger partial charge in [0.05, 0.1) is 6.54 Å². The molecule has 118 valence electrons. The summed E-state index contributed by atoms with van der Waals surface area (Å²) in [5.74, 6) is 0.789. The molecule has 2 heterocycles. The second kappa shape index (κ2) is 6.54. The van der Waals surface area contributed by atoms with E-state index < -0.39 is 0 Å². The number of rotatable bonds is 4. The third-order valence-corrected chi connectivity index (χ3v) is 4.18. The first-order valence-corrected chi connectivity index (χ1v) is 7.71. The average molecular weight is 304 g/mol. The molecule has 1 aromatic heterocycles. The van der Waals surface area contributed by atoms with Crippen LogP contribution in [0.15, 0.2) is 28.8 Å². The largest absolute Gasteiger partial charge is 0.338 e. The minimum absolute atomic E-state index is 0.125. The van der Waals surface area contributed by atoms with Gasteiger partial charge in [0.2, 0.25) is 11.7 Å². The van der Waals surface area contributed by atoms with Crippen LogP contribution in [-0.2, 0) is 6.54 Å². The molecule has 1 fully saturated rings. The monoisotopic (exact) mass is 304 g/mol. The first-order chi connectivity index (χ1) is 10.6. The van der Waals surface area contributed by atoms with Crippen LogP contribution in [0.25, 0.3) is 11.4 Å². The van der Waals surface area contributed by atoms with Gasteiger partial charge in [-0.05, 0) is 50.6 Å². The Balaban J connectivity index is 1.72. The van der Waals surface area contributed by atoms with Crippen LogP contribution in [-0.4, -0.2) is 33.7 Å². The topological polar surface area (TPSA) is 68.2 Å². The van der Waals surface area contributed by atoms with Gasteiger partial charge in [0.25, 0.3) is 0 Å². The van der Waals surface area contributed by atoms with Crippen LogP contribution in [0.5, 0.6) is 0 Å². The zero-order valence-electron chi connectivity index (χ0n) is 12.7. The molecule has 2 N–H and O–H groups in total. The first kappa shape index (κ1) is 15.1. The molecule has 1 aliphatic rings. The van der Waals surface area contributed by atoms with Crippen molar-refractivity contribution in [3.63, 3.8) is 0 Å². The number of likely N-dealkylation sites (tertiary alicyclic amines) is 1. The van der Waals surface area contributed by atoms with E-state index in [0.29, 0.717) is 24.3 Å². The van der Waals surface area contributed by atoms with Crippen LogP contribution in [0, 0.1) is 5.82 Å². The maximum Gasteiger partial charge on any atom is 0.241 e. The van der Waals surface area contributed by atoms with Gasteiger partial charge in [-0.3, -0.25) is 4.90 Å². The predicted molar refractivity (Wildman–Crippen MR) is 81.4 cm³/mol. The molecule has 0 aliphatic carbocycles. The fourth-order valence-electron chi connectivity index (χ4n) is 3.02. The van der Waals surface area contributed by atoms with E-state index in [1.165, 1.54) is 25.0 Å². The van der Waals surface area contributed by atoms with Crippen molar-refractivity contribution in [1.82, 2.24) is 15.0 Å². The molecule has 22 heavy (non-hydrogen) atoms. The number of hydrogen-bond acceptors (Lipinski definition) is 5. The van der Waals surface area contributed by atoms with Crippen molar-refractivity contribution in [3.05, 3.63) is 36.0 Å². The Labute approximate surface area is 129 Å². The van der Waals surface area contributed by atoms with E-state index in [2.05, 4.69) is 15.0 Å². The SMILES string of the molecule is CC(N)C1CCCCN1Cc1nc(-c2ccc(F)cc2)no1. The summed E-state index contributed by atoms with van der Waals surface area (Å²) in [7, 11) is 0. The van der Waals surface area contributed by atoms with Crippen LogP contribution in [0.3, 0.4) is 0 Å². The van der Waals surface area contributed by atoms with Crippen molar-refractivity contribution >= 4 is 0 Å². The second-order valence-corrected chi connectivity index (χ2v) is 5.91. The lowest BCUT2D eigenvalue weighted by atomic mass is 9.97. The van der Waals surface area contributed by atoms with Gasteiger partial charge in [-0.15, -0.1) is 0 Å². The fraction of sp³-hybridized carbons (Fsp3) is 0.500. The van der Waals surface area contributed by atoms with Crippen molar-refractivity contribution < 1.29 is 8.91 Å². The van der Waals surface area contributed by atoms with E-state index >= 15 is 0 Å². The molecular weight excluding hydrogens is 283 g/mol. The number of halogens is 1. The summed E-state index contributed by atoms with van der Waals surface area (Å²) in [4.78, 5) is 6.73. The summed E-state index contributed by atoms with van der Waals surface area (Å²) in [5.41, 5.74) is 6.83. The summed E-state index contributed by atoms with van der Waals surface area (Å²) >= 11 is 0. The van der Waals surface area contributed by atoms with Crippen molar-refractivity contribution in [3.8, 4) is 11.4 Å². The molecule has 2 unspecified atom stereocenters. The standard InChI is InChI=1S/C16H21FN4O/c1-11(18)14-4-2-3-9-21(14)10-15-19-16(20-22-15)12-5-7-13(17)8-6-12/h5-8,11,14H,2-4,9-10,18H2,1H3. The fourth-order valence-corrected chi connectivity index (χ4v) is 3.02. The van der Waals surface area contributed by atoms with Gasteiger partial charge in [-0.2, -0.15) is 4.98 Å². The smallest absolute Gasteiger partial charge is 0.241 e. The van der Waals surface area contributed by atoms with Gasteiger partial charge in [-0.1, -0.05) is 11.6 Å². The molecule has 0 amide bonds. The Morgan fingerprint density at radius 3 is 2.86 bits per heavy atom. The minimum Gasteiger partial charge on any atom is -0.338 e. The molecule has 2 aromatic rings. The zero-order chi connectivity index (χ0) is 15.5. The van der Waals surface area contributed by atoms with Crippen LogP contribution < -0.4 is 5.73 Å². The number of hydrogen-bond donors (Lipinski definition) is 1. The van der Waals surface area contributed by atoms with Crippen molar-refractivity contribution in [2.45, 2.75) is 44.8 Å². The number of aromatic nitrogens is 2. The number of piperidine rings is 1. The van der Waals surface area contributed by atoms with Crippen LogP contribution >= 0.6 is 0 Å². The quantitative estimate of drug-likeness (QED) is 0.940. The highest BCUT2D eigenvalue weighted by Crippen LogP contribution is 2.22. The van der Waals surface area contributed by atoms with E-state index in [1.807, 2.05) is 6.92 Å². The van der Waals surface area contributed by atoms with Crippen LogP contribution in [0.2, 0.25) is 0 Å². The van der Waals surface area contributed by atoms with Crippen molar-refractivity contribution in [1.29, 1.82) is 0 Å². The van der Waals surface area contributed by atoms with Gasteiger partial charge in [0.15, 0.2) is 0 Å². The molecule has 0 saturated carbocycles. The van der Waals surface area contributed by atoms with Crippen molar-refractivity contribution in [2.24, 2.45) is 5.73 Å². The van der Waals surface area contributed by atoms with E-state index in [1.54, 1.807) is 12.1 Å². The molecule has 6 heteroatoms. The maximum absolute atomic E-state index is 13.0. The normalized spacial score (nSPS) is 21.0. The van der Waals surface area contributed by atoms with E-state index in [9.17, 15) is 4.39 Å². The molecule has 1 aliphatic heterocycles. The zero-order valence-corrected chi connectivity index (χ0v) is 12.7. The lowest BCUT2D eigenvalue weighted by molar-refractivity contribution is 0.109. The van der Waals surface area contributed by atoms with Gasteiger partial charge in [0.1, 0.15) is 5.82 Å². The third kappa shape index (κ3) is 3.34. The van der Waals surface area contributed by atoms with Gasteiger partial charge in [0, 0.05) is 17.6 Å². The summed E-state index contributed by atoms with van der Waals surface area (Å²) in [6.45, 7) is 3.65. The third-order valence-electron chi connectivity index (χ3n) is 4.18. The predicted octanol–water partition coefficient (Wildman–Crippen LogP) is 2.58. The maximum atomic E-state index is 13.0. The molecule has 0 radical (unpaired) electrons. The van der Waals surface area contributed by atoms with E-state index in [-0.39, 0.29) is 11.9 Å². The molecule has 0 bridgehead atoms. The van der Waals surface area contributed by atoms with Crippen LogP contribution in [0.4, 0.5) is 4.39 Å². The van der Waals surface area contributed by atoms with Gasteiger partial charge < -0.3 is 10.3 Å². The average Bonchev–Trinajstić information content (AvgIpc) is 2.97. The molecule has 2 atom stereocenters. The van der Waals surface area contributed by atoms with E-state index in [4.69, 9.17) is 10.3 Å². The summed E-state index contributed by atoms with van der Waals surface area (Å²) in [6.07, 6.45) is 3.49. The number of nitrogens with zero attached hydrogens (tertiary/aromatic N) is 3. The molecule has 0 spiro atoms. The lowest BCUT2D eigenvalue weighted by Gasteiger charge is -2.37. The molecule has 1 saturated heterocycles.